The first-order valence-corrected chi connectivity index (χ1v) is 7.32. The molecule has 0 saturated carbocycles. The molecule has 1 amide bonds. The van der Waals surface area contributed by atoms with Gasteiger partial charge in [-0.05, 0) is 66.5 Å². The van der Waals surface area contributed by atoms with E-state index in [2.05, 4.69) is 21.2 Å². The van der Waals surface area contributed by atoms with Crippen LogP contribution < -0.4 is 5.32 Å². The Morgan fingerprint density at radius 1 is 1.40 bits per heavy atom. The first-order valence-electron chi connectivity index (χ1n) is 6.52. The lowest BCUT2D eigenvalue weighted by Crippen LogP contribution is -2.37. The molecule has 1 aliphatic heterocycles. The Labute approximate surface area is 133 Å². The van der Waals surface area contributed by atoms with Gasteiger partial charge in [-0.25, -0.2) is 4.39 Å². The van der Waals surface area contributed by atoms with E-state index in [0.29, 0.717) is 10.0 Å². The van der Waals surface area contributed by atoms with Gasteiger partial charge in [0.25, 0.3) is 5.91 Å². The van der Waals surface area contributed by atoms with Crippen molar-refractivity contribution in [1.29, 1.82) is 0 Å². The maximum Gasteiger partial charge on any atom is 0.255 e. The third kappa shape index (κ3) is 4.17. The van der Waals surface area contributed by atoms with E-state index in [1.165, 1.54) is 12.1 Å². The number of rotatable bonds is 2. The van der Waals surface area contributed by atoms with Crippen molar-refractivity contribution in [3.8, 4) is 0 Å². The number of hydrogen-bond acceptors (Lipinski definition) is 2. The van der Waals surface area contributed by atoms with Gasteiger partial charge in [-0.2, -0.15) is 0 Å². The molecule has 1 N–H and O–H groups in total. The topological polar surface area (TPSA) is 32.3 Å². The summed E-state index contributed by atoms with van der Waals surface area (Å²) in [4.78, 5) is 14.2. The summed E-state index contributed by atoms with van der Waals surface area (Å²) in [5.41, 5.74) is 0.389. The van der Waals surface area contributed by atoms with E-state index in [4.69, 9.17) is 0 Å². The summed E-state index contributed by atoms with van der Waals surface area (Å²) in [6, 6.07) is 4.43. The van der Waals surface area contributed by atoms with Crippen molar-refractivity contribution in [1.82, 2.24) is 10.2 Å². The number of amides is 1. The van der Waals surface area contributed by atoms with Gasteiger partial charge in [0.2, 0.25) is 0 Å². The maximum atomic E-state index is 13.3. The van der Waals surface area contributed by atoms with Gasteiger partial charge >= 0.3 is 0 Å². The molecule has 0 bridgehead atoms. The van der Waals surface area contributed by atoms with E-state index in [0.717, 1.165) is 32.4 Å². The van der Waals surface area contributed by atoms with Crippen LogP contribution in [0.2, 0.25) is 0 Å². The number of carbonyl (C=O) groups is 1. The van der Waals surface area contributed by atoms with Crippen LogP contribution in [0, 0.1) is 5.82 Å². The molecule has 0 aromatic heterocycles. The van der Waals surface area contributed by atoms with Crippen LogP contribution in [0.15, 0.2) is 22.7 Å². The van der Waals surface area contributed by atoms with E-state index < -0.39 is 0 Å². The van der Waals surface area contributed by atoms with Crippen LogP contribution >= 0.6 is 28.3 Å². The van der Waals surface area contributed by atoms with Crippen LogP contribution in [-0.2, 0) is 0 Å². The molecular formula is C14H19BrClFN2O. The Kier molecular flexibility index (Phi) is 6.92. The molecule has 20 heavy (non-hydrogen) atoms. The Hall–Kier alpha value is -0.650. The molecule has 1 fully saturated rings. The highest BCUT2D eigenvalue weighted by Gasteiger charge is 2.23. The van der Waals surface area contributed by atoms with Crippen LogP contribution in [0.25, 0.3) is 0 Å². The molecule has 2 rings (SSSR count). The Balaban J connectivity index is 0.00000200. The molecule has 3 nitrogen and oxygen atoms in total. The summed E-state index contributed by atoms with van der Waals surface area (Å²) in [6.45, 7) is 1.93. The molecule has 0 spiro atoms. The number of halogens is 3. The minimum absolute atomic E-state index is 0. The molecule has 1 heterocycles. The number of carbonyl (C=O) groups excluding carboxylic acids is 1. The molecule has 1 unspecified atom stereocenters. The summed E-state index contributed by atoms with van der Waals surface area (Å²) in [6.07, 6.45) is 2.99. The SMILES string of the molecule is CN(C(=O)c1cc(F)ccc1Br)C1CCCNCC1.Cl. The van der Waals surface area contributed by atoms with Crippen molar-refractivity contribution in [3.05, 3.63) is 34.1 Å². The average molecular weight is 366 g/mol. The smallest absolute Gasteiger partial charge is 0.255 e. The molecule has 1 atom stereocenters. The van der Waals surface area contributed by atoms with Crippen molar-refractivity contribution in [2.24, 2.45) is 0 Å². The first-order chi connectivity index (χ1) is 9.09. The molecule has 0 radical (unpaired) electrons. The van der Waals surface area contributed by atoms with E-state index in [1.807, 2.05) is 0 Å². The standard InChI is InChI=1S/C14H18BrFN2O.ClH/c1-18(11-3-2-7-17-8-6-11)14(19)12-9-10(16)4-5-13(12)15;/h4-5,9,11,17H,2-3,6-8H2,1H3;1H. The third-order valence-corrected chi connectivity index (χ3v) is 4.26. The van der Waals surface area contributed by atoms with Crippen molar-refractivity contribution in [2.45, 2.75) is 25.3 Å². The first kappa shape index (κ1) is 17.4. The van der Waals surface area contributed by atoms with E-state index >= 15 is 0 Å². The summed E-state index contributed by atoms with van der Waals surface area (Å²) < 4.78 is 13.9. The van der Waals surface area contributed by atoms with E-state index in [1.54, 1.807) is 18.0 Å². The average Bonchev–Trinajstić information content (AvgIpc) is 2.69. The van der Waals surface area contributed by atoms with Gasteiger partial charge in [0.1, 0.15) is 5.82 Å². The van der Waals surface area contributed by atoms with E-state index in [9.17, 15) is 9.18 Å². The van der Waals surface area contributed by atoms with Crippen LogP contribution in [0.4, 0.5) is 4.39 Å². The number of nitrogens with one attached hydrogen (secondary N) is 1. The Bertz CT molecular complexity index is 464. The van der Waals surface area contributed by atoms with Crippen molar-refractivity contribution >= 4 is 34.2 Å². The summed E-state index contributed by atoms with van der Waals surface area (Å²) in [5, 5.41) is 3.32. The predicted octanol–water partition coefficient (Wildman–Crippen LogP) is 3.22. The number of hydrogen-bond donors (Lipinski definition) is 1. The molecule has 1 saturated heterocycles. The normalized spacial score (nSPS) is 18.9. The van der Waals surface area contributed by atoms with Gasteiger partial charge in [-0.15, -0.1) is 12.4 Å². The van der Waals surface area contributed by atoms with Crippen LogP contribution in [-0.4, -0.2) is 37.0 Å². The zero-order chi connectivity index (χ0) is 13.8. The fraction of sp³-hybridized carbons (Fsp3) is 0.500. The molecule has 112 valence electrons. The fourth-order valence-corrected chi connectivity index (χ4v) is 2.82. The molecular weight excluding hydrogens is 347 g/mol. The fourth-order valence-electron chi connectivity index (χ4n) is 2.41. The summed E-state index contributed by atoms with van der Waals surface area (Å²) >= 11 is 3.31. The monoisotopic (exact) mass is 364 g/mol. The van der Waals surface area contributed by atoms with Crippen molar-refractivity contribution in [3.63, 3.8) is 0 Å². The highest BCUT2D eigenvalue weighted by Crippen LogP contribution is 2.22. The van der Waals surface area contributed by atoms with Crippen molar-refractivity contribution in [2.75, 3.05) is 20.1 Å². The summed E-state index contributed by atoms with van der Waals surface area (Å²) in [7, 11) is 1.80. The number of benzene rings is 1. The molecule has 0 aliphatic carbocycles. The molecule has 1 aliphatic rings. The molecule has 1 aromatic rings. The molecule has 6 heteroatoms. The second-order valence-corrected chi connectivity index (χ2v) is 5.73. The van der Waals surface area contributed by atoms with Crippen molar-refractivity contribution < 1.29 is 9.18 Å². The van der Waals surface area contributed by atoms with Gasteiger partial charge in [-0.3, -0.25) is 4.79 Å². The second-order valence-electron chi connectivity index (χ2n) is 4.87. The Morgan fingerprint density at radius 3 is 2.90 bits per heavy atom. The second kappa shape index (κ2) is 7.96. The van der Waals surface area contributed by atoms with Gasteiger partial charge in [0.15, 0.2) is 0 Å². The van der Waals surface area contributed by atoms with Crippen LogP contribution in [0.3, 0.4) is 0 Å². The van der Waals surface area contributed by atoms with Crippen LogP contribution in [0.1, 0.15) is 29.6 Å². The highest BCUT2D eigenvalue weighted by atomic mass is 79.9. The quantitative estimate of drug-likeness (QED) is 0.873. The lowest BCUT2D eigenvalue weighted by molar-refractivity contribution is 0.0719. The Morgan fingerprint density at radius 2 is 2.15 bits per heavy atom. The maximum absolute atomic E-state index is 13.3. The van der Waals surface area contributed by atoms with Gasteiger partial charge in [-0.1, -0.05) is 0 Å². The van der Waals surface area contributed by atoms with Gasteiger partial charge < -0.3 is 10.2 Å². The lowest BCUT2D eigenvalue weighted by atomic mass is 10.1. The predicted molar refractivity (Wildman–Crippen MR) is 84.0 cm³/mol. The minimum atomic E-state index is -0.387. The lowest BCUT2D eigenvalue weighted by Gasteiger charge is -2.27. The molecule has 1 aromatic carbocycles. The minimum Gasteiger partial charge on any atom is -0.339 e. The summed E-state index contributed by atoms with van der Waals surface area (Å²) in [5.74, 6) is -0.513. The highest BCUT2D eigenvalue weighted by molar-refractivity contribution is 9.10. The largest absolute Gasteiger partial charge is 0.339 e. The van der Waals surface area contributed by atoms with E-state index in [-0.39, 0.29) is 30.2 Å². The zero-order valence-electron chi connectivity index (χ0n) is 11.4. The number of nitrogens with zero attached hydrogens (tertiary/aromatic N) is 1. The zero-order valence-corrected chi connectivity index (χ0v) is 13.8. The van der Waals surface area contributed by atoms with Crippen LogP contribution in [0.5, 0.6) is 0 Å². The van der Waals surface area contributed by atoms with Gasteiger partial charge in [0.05, 0.1) is 5.56 Å². The third-order valence-electron chi connectivity index (χ3n) is 3.57. The van der Waals surface area contributed by atoms with Gasteiger partial charge in [0, 0.05) is 17.6 Å².